The van der Waals surface area contributed by atoms with Gasteiger partial charge in [-0.25, -0.2) is 9.97 Å². The molecule has 0 bridgehead atoms. The molecule has 3 rings (SSSR count). The number of nitrogens with zero attached hydrogens (tertiary/aromatic N) is 6. The maximum absolute atomic E-state index is 4.59. The molecule has 0 aliphatic rings. The van der Waals surface area contributed by atoms with Gasteiger partial charge in [-0.05, 0) is 34.6 Å². The highest BCUT2D eigenvalue weighted by Crippen LogP contribution is 2.24. The number of hydrogen-bond acceptors (Lipinski definition) is 5. The van der Waals surface area contributed by atoms with Crippen LogP contribution in [0.4, 0.5) is 5.82 Å². The summed E-state index contributed by atoms with van der Waals surface area (Å²) in [5.41, 5.74) is 6.23. The highest BCUT2D eigenvalue weighted by atomic mass is 15.3. The third-order valence-electron chi connectivity index (χ3n) is 4.26. The molecule has 23 heavy (non-hydrogen) atoms. The Morgan fingerprint density at radius 1 is 1.00 bits per heavy atom. The summed E-state index contributed by atoms with van der Waals surface area (Å²) in [6.07, 6.45) is 0. The monoisotopic (exact) mass is 313 g/mol. The second kappa shape index (κ2) is 5.64. The summed E-state index contributed by atoms with van der Waals surface area (Å²) in [6.45, 7) is 11.6. The van der Waals surface area contributed by atoms with Crippen molar-refractivity contribution in [2.75, 3.05) is 5.32 Å². The van der Waals surface area contributed by atoms with Gasteiger partial charge >= 0.3 is 0 Å². The first-order valence-corrected chi connectivity index (χ1v) is 7.87. The standard InChI is InChI=1S/C16H23N7/c1-7-23-15-14(10(3)21-23)18-12(5)19-16(15)17-8-13-9(2)20-22(6)11(13)4/h7-8H2,1-6H3,(H,17,18,19). The molecular weight excluding hydrogens is 290 g/mol. The van der Waals surface area contributed by atoms with Crippen LogP contribution in [0, 0.1) is 27.7 Å². The molecule has 3 aromatic rings. The summed E-state index contributed by atoms with van der Waals surface area (Å²) < 4.78 is 3.86. The van der Waals surface area contributed by atoms with E-state index in [4.69, 9.17) is 0 Å². The molecule has 0 fully saturated rings. The minimum absolute atomic E-state index is 0.686. The smallest absolute Gasteiger partial charge is 0.156 e. The van der Waals surface area contributed by atoms with Crippen molar-refractivity contribution in [3.63, 3.8) is 0 Å². The average Bonchev–Trinajstić information content (AvgIpc) is 2.95. The summed E-state index contributed by atoms with van der Waals surface area (Å²) in [5.74, 6) is 1.58. The minimum Gasteiger partial charge on any atom is -0.364 e. The van der Waals surface area contributed by atoms with Crippen LogP contribution in [0.25, 0.3) is 11.0 Å². The normalized spacial score (nSPS) is 11.4. The van der Waals surface area contributed by atoms with Crippen LogP contribution in [0.15, 0.2) is 0 Å². The summed E-state index contributed by atoms with van der Waals surface area (Å²) in [5, 5.41) is 12.5. The fourth-order valence-electron chi connectivity index (χ4n) is 2.94. The number of nitrogens with one attached hydrogen (secondary N) is 1. The van der Waals surface area contributed by atoms with Gasteiger partial charge in [-0.1, -0.05) is 0 Å². The third kappa shape index (κ3) is 2.56. The second-order valence-corrected chi connectivity index (χ2v) is 5.84. The Kier molecular flexibility index (Phi) is 3.79. The molecule has 122 valence electrons. The number of aromatic nitrogens is 6. The zero-order chi connectivity index (χ0) is 16.7. The van der Waals surface area contributed by atoms with E-state index < -0.39 is 0 Å². The van der Waals surface area contributed by atoms with E-state index in [0.29, 0.717) is 6.54 Å². The van der Waals surface area contributed by atoms with Crippen molar-refractivity contribution in [3.05, 3.63) is 28.5 Å². The Morgan fingerprint density at radius 3 is 2.35 bits per heavy atom. The lowest BCUT2D eigenvalue weighted by molar-refractivity contribution is 0.675. The Morgan fingerprint density at radius 2 is 1.74 bits per heavy atom. The molecule has 0 aromatic carbocycles. The topological polar surface area (TPSA) is 73.5 Å². The van der Waals surface area contributed by atoms with Crippen molar-refractivity contribution in [3.8, 4) is 0 Å². The predicted molar refractivity (Wildman–Crippen MR) is 90.5 cm³/mol. The van der Waals surface area contributed by atoms with Crippen molar-refractivity contribution < 1.29 is 0 Å². The number of anilines is 1. The van der Waals surface area contributed by atoms with E-state index in [9.17, 15) is 0 Å². The number of rotatable bonds is 4. The van der Waals surface area contributed by atoms with Gasteiger partial charge in [0.15, 0.2) is 5.82 Å². The zero-order valence-corrected chi connectivity index (χ0v) is 14.6. The van der Waals surface area contributed by atoms with Crippen molar-refractivity contribution in [1.29, 1.82) is 0 Å². The first-order valence-electron chi connectivity index (χ1n) is 7.87. The molecular formula is C16H23N7. The zero-order valence-electron chi connectivity index (χ0n) is 14.6. The summed E-state index contributed by atoms with van der Waals surface area (Å²) >= 11 is 0. The van der Waals surface area contributed by atoms with E-state index in [1.54, 1.807) is 0 Å². The van der Waals surface area contributed by atoms with Crippen molar-refractivity contribution in [2.24, 2.45) is 7.05 Å². The Hall–Kier alpha value is -2.44. The van der Waals surface area contributed by atoms with E-state index in [2.05, 4.69) is 39.3 Å². The lowest BCUT2D eigenvalue weighted by atomic mass is 10.2. The predicted octanol–water partition coefficient (Wildman–Crippen LogP) is 2.43. The second-order valence-electron chi connectivity index (χ2n) is 5.84. The SMILES string of the molecule is CCn1nc(C)c2nc(C)nc(NCc3c(C)nn(C)c3C)c21. The summed E-state index contributed by atoms with van der Waals surface area (Å²) in [7, 11) is 1.97. The number of hydrogen-bond donors (Lipinski definition) is 1. The number of fused-ring (bicyclic) bond motifs is 1. The van der Waals surface area contributed by atoms with Crippen LogP contribution in [0.3, 0.4) is 0 Å². The largest absolute Gasteiger partial charge is 0.364 e. The van der Waals surface area contributed by atoms with Gasteiger partial charge < -0.3 is 5.32 Å². The van der Waals surface area contributed by atoms with E-state index >= 15 is 0 Å². The molecule has 0 aliphatic carbocycles. The molecule has 1 N–H and O–H groups in total. The van der Waals surface area contributed by atoms with Gasteiger partial charge in [0.1, 0.15) is 16.9 Å². The summed E-state index contributed by atoms with van der Waals surface area (Å²) in [4.78, 5) is 9.14. The van der Waals surface area contributed by atoms with E-state index in [1.807, 2.05) is 37.2 Å². The minimum atomic E-state index is 0.686. The molecule has 3 aromatic heterocycles. The van der Waals surface area contributed by atoms with Crippen LogP contribution in [0.1, 0.15) is 35.4 Å². The van der Waals surface area contributed by atoms with Crippen molar-refractivity contribution in [1.82, 2.24) is 29.5 Å². The highest BCUT2D eigenvalue weighted by Gasteiger charge is 2.16. The first-order chi connectivity index (χ1) is 10.9. The number of aryl methyl sites for hydroxylation is 5. The van der Waals surface area contributed by atoms with E-state index in [-0.39, 0.29) is 0 Å². The molecule has 0 saturated heterocycles. The molecule has 0 amide bonds. The van der Waals surface area contributed by atoms with E-state index in [1.165, 1.54) is 5.56 Å². The lowest BCUT2D eigenvalue weighted by Crippen LogP contribution is -2.08. The van der Waals surface area contributed by atoms with Gasteiger partial charge in [0, 0.05) is 31.4 Å². The average molecular weight is 313 g/mol. The molecule has 7 heteroatoms. The third-order valence-corrected chi connectivity index (χ3v) is 4.26. The Bertz CT molecular complexity index is 873. The van der Waals surface area contributed by atoms with Gasteiger partial charge in [-0.2, -0.15) is 10.2 Å². The van der Waals surface area contributed by atoms with Crippen LogP contribution in [0.2, 0.25) is 0 Å². The van der Waals surface area contributed by atoms with Gasteiger partial charge in [0.05, 0.1) is 11.4 Å². The molecule has 3 heterocycles. The molecule has 7 nitrogen and oxygen atoms in total. The maximum Gasteiger partial charge on any atom is 0.156 e. The van der Waals surface area contributed by atoms with Gasteiger partial charge in [0.25, 0.3) is 0 Å². The van der Waals surface area contributed by atoms with Gasteiger partial charge in [0.2, 0.25) is 0 Å². The lowest BCUT2D eigenvalue weighted by Gasteiger charge is -2.10. The van der Waals surface area contributed by atoms with Crippen LogP contribution >= 0.6 is 0 Å². The summed E-state index contributed by atoms with van der Waals surface area (Å²) in [6, 6.07) is 0. The van der Waals surface area contributed by atoms with Gasteiger partial charge in [-0.3, -0.25) is 9.36 Å². The molecule has 0 atom stereocenters. The quantitative estimate of drug-likeness (QED) is 0.801. The van der Waals surface area contributed by atoms with Crippen molar-refractivity contribution in [2.45, 2.75) is 47.7 Å². The molecule has 0 aliphatic heterocycles. The van der Waals surface area contributed by atoms with Crippen LogP contribution in [0.5, 0.6) is 0 Å². The van der Waals surface area contributed by atoms with Crippen LogP contribution < -0.4 is 5.32 Å². The fourth-order valence-corrected chi connectivity index (χ4v) is 2.94. The van der Waals surface area contributed by atoms with Crippen LogP contribution in [-0.4, -0.2) is 29.5 Å². The molecule has 0 radical (unpaired) electrons. The maximum atomic E-state index is 4.59. The van der Waals surface area contributed by atoms with Crippen LogP contribution in [-0.2, 0) is 20.1 Å². The molecule has 0 unspecified atom stereocenters. The Balaban J connectivity index is 2.02. The van der Waals surface area contributed by atoms with Gasteiger partial charge in [-0.15, -0.1) is 0 Å². The molecule has 0 saturated carbocycles. The Labute approximate surface area is 135 Å². The highest BCUT2D eigenvalue weighted by molar-refractivity contribution is 5.87. The first kappa shape index (κ1) is 15.5. The van der Waals surface area contributed by atoms with E-state index in [0.717, 1.165) is 46.3 Å². The molecule has 0 spiro atoms. The van der Waals surface area contributed by atoms with Crippen molar-refractivity contribution >= 4 is 16.9 Å². The fraction of sp³-hybridized carbons (Fsp3) is 0.500.